The number of nitrogens with zero attached hydrogens (tertiary/aromatic N) is 4. The van der Waals surface area contributed by atoms with Gasteiger partial charge in [-0.15, -0.1) is 11.3 Å². The number of carboxylic acid groups (broad SMARTS) is 1. The van der Waals surface area contributed by atoms with Crippen molar-refractivity contribution in [1.29, 1.82) is 0 Å². The predicted molar refractivity (Wildman–Crippen MR) is 150 cm³/mol. The Labute approximate surface area is 229 Å². The quantitative estimate of drug-likeness (QED) is 0.332. The molecule has 2 N–H and O–H groups in total. The molecule has 2 aromatic heterocycles. The number of thiazole rings is 1. The van der Waals surface area contributed by atoms with Gasteiger partial charge in [0.1, 0.15) is 18.4 Å². The molecule has 1 aliphatic heterocycles. The first kappa shape index (κ1) is 26.1. The first-order chi connectivity index (χ1) is 18.9. The van der Waals surface area contributed by atoms with Gasteiger partial charge in [-0.3, -0.25) is 19.4 Å². The third kappa shape index (κ3) is 5.65. The number of pyridine rings is 1. The summed E-state index contributed by atoms with van der Waals surface area (Å²) in [5.74, 6) is -1.000. The molecule has 0 radical (unpaired) electrons. The summed E-state index contributed by atoms with van der Waals surface area (Å²) < 4.78 is 0. The second-order valence-electron chi connectivity index (χ2n) is 9.24. The van der Waals surface area contributed by atoms with E-state index in [1.165, 1.54) is 11.3 Å². The Balaban J connectivity index is 1.55. The monoisotopic (exact) mass is 541 g/mol. The molecule has 0 bridgehead atoms. The fraction of sp³-hybridized carbons (Fsp3) is 0.207. The first-order valence-electron chi connectivity index (χ1n) is 12.5. The van der Waals surface area contributed by atoms with Crippen LogP contribution in [0, 0.1) is 0 Å². The number of nitrogens with one attached hydrogen (secondary N) is 1. The number of aliphatic carboxylic acids is 1. The molecule has 9 nitrogen and oxygen atoms in total. The number of anilines is 2. The molecule has 0 saturated heterocycles. The number of carbonyl (C=O) groups is 3. The summed E-state index contributed by atoms with van der Waals surface area (Å²) in [7, 11) is 1.87. The fourth-order valence-corrected chi connectivity index (χ4v) is 5.42. The lowest BCUT2D eigenvalue weighted by atomic mass is 9.97. The van der Waals surface area contributed by atoms with Crippen molar-refractivity contribution >= 4 is 40.6 Å². The Morgan fingerprint density at radius 2 is 1.87 bits per heavy atom. The maximum atomic E-state index is 14.3. The minimum Gasteiger partial charge on any atom is -0.480 e. The van der Waals surface area contributed by atoms with E-state index in [1.54, 1.807) is 28.9 Å². The molecule has 198 valence electrons. The molecule has 1 aliphatic rings. The Morgan fingerprint density at radius 3 is 2.56 bits per heavy atom. The Kier molecular flexibility index (Phi) is 7.64. The first-order valence-corrected chi connectivity index (χ1v) is 13.4. The van der Waals surface area contributed by atoms with E-state index in [0.29, 0.717) is 36.5 Å². The Morgan fingerprint density at radius 1 is 1.10 bits per heavy atom. The molecular formula is C29H27N5O4S. The highest BCUT2D eigenvalue weighted by Gasteiger charge is 2.35. The number of rotatable bonds is 9. The largest absolute Gasteiger partial charge is 0.480 e. The van der Waals surface area contributed by atoms with Crippen LogP contribution in [0.1, 0.15) is 21.5 Å². The van der Waals surface area contributed by atoms with Crippen LogP contribution in [0.3, 0.4) is 0 Å². The molecular weight excluding hydrogens is 514 g/mol. The summed E-state index contributed by atoms with van der Waals surface area (Å²) in [5.41, 5.74) is 6.08. The third-order valence-electron chi connectivity index (χ3n) is 6.83. The van der Waals surface area contributed by atoms with Gasteiger partial charge in [-0.05, 0) is 52.9 Å². The molecule has 0 aliphatic carbocycles. The van der Waals surface area contributed by atoms with Gasteiger partial charge in [-0.2, -0.15) is 0 Å². The Hall–Kier alpha value is -4.57. The van der Waals surface area contributed by atoms with Crippen molar-refractivity contribution in [3.63, 3.8) is 0 Å². The minimum absolute atomic E-state index is 0.100. The molecule has 10 heteroatoms. The van der Waals surface area contributed by atoms with Gasteiger partial charge in [0, 0.05) is 49.0 Å². The van der Waals surface area contributed by atoms with Gasteiger partial charge < -0.3 is 20.2 Å². The van der Waals surface area contributed by atoms with Crippen molar-refractivity contribution in [2.75, 3.05) is 29.9 Å². The number of hydrogen-bond acceptors (Lipinski definition) is 7. The summed E-state index contributed by atoms with van der Waals surface area (Å²) in [6, 6.07) is 16.6. The van der Waals surface area contributed by atoms with Crippen molar-refractivity contribution in [3.8, 4) is 11.1 Å². The number of likely N-dealkylation sites (N-methyl/N-ethyl adjacent to an activating group) is 1. The van der Waals surface area contributed by atoms with Crippen LogP contribution in [0.25, 0.3) is 11.1 Å². The van der Waals surface area contributed by atoms with E-state index < -0.39 is 24.5 Å². The number of carboxylic acids is 1. The minimum atomic E-state index is -1.13. The lowest BCUT2D eigenvalue weighted by molar-refractivity contribution is -0.135. The number of amides is 2. The van der Waals surface area contributed by atoms with Crippen LogP contribution >= 0.6 is 11.3 Å². The maximum Gasteiger partial charge on any atom is 0.322 e. The van der Waals surface area contributed by atoms with E-state index in [9.17, 15) is 14.4 Å². The number of carbonyl (C=O) groups excluding carboxylic acids is 2. The van der Waals surface area contributed by atoms with E-state index >= 15 is 0 Å². The second kappa shape index (κ2) is 11.4. The number of hydrogen-bond donors (Lipinski definition) is 2. The smallest absolute Gasteiger partial charge is 0.322 e. The van der Waals surface area contributed by atoms with Gasteiger partial charge in [-0.1, -0.05) is 30.3 Å². The van der Waals surface area contributed by atoms with Crippen LogP contribution in [0.2, 0.25) is 0 Å². The summed E-state index contributed by atoms with van der Waals surface area (Å²) in [5, 5.41) is 13.5. The van der Waals surface area contributed by atoms with E-state index in [4.69, 9.17) is 5.11 Å². The molecule has 2 amide bonds. The highest BCUT2D eigenvalue weighted by atomic mass is 32.1. The molecule has 2 aromatic carbocycles. The molecule has 39 heavy (non-hydrogen) atoms. The van der Waals surface area contributed by atoms with Crippen molar-refractivity contribution in [1.82, 2.24) is 15.3 Å². The number of aromatic nitrogens is 2. The van der Waals surface area contributed by atoms with Crippen molar-refractivity contribution in [3.05, 3.63) is 94.6 Å². The molecule has 1 atom stereocenters. The van der Waals surface area contributed by atoms with Crippen molar-refractivity contribution in [2.45, 2.75) is 18.9 Å². The standard InChI is InChI=1S/C29H27N5O4S/c1-33(26-17-39-18-32-26)25(13-19-5-3-2-4-6-19)29(38)34-12-9-22-23(28(37)31-16-27(35)36)14-21(15-24(22)34)20-7-10-30-11-8-20/h2-8,10-11,14-15,17-18,25H,9,12-13,16H2,1H3,(H,31,37)(H,35,36). The predicted octanol–water partition coefficient (Wildman–Crippen LogP) is 3.66. The molecule has 1 unspecified atom stereocenters. The summed E-state index contributed by atoms with van der Waals surface area (Å²) in [6.45, 7) is -0.0866. The van der Waals surface area contributed by atoms with Crippen LogP contribution in [0.5, 0.6) is 0 Å². The number of fused-ring (bicyclic) bond motifs is 1. The number of benzene rings is 2. The Bertz CT molecular complexity index is 1480. The van der Waals surface area contributed by atoms with Gasteiger partial charge in [0.15, 0.2) is 0 Å². The van der Waals surface area contributed by atoms with Gasteiger partial charge >= 0.3 is 5.97 Å². The molecule has 3 heterocycles. The van der Waals surface area contributed by atoms with Crippen LogP contribution in [-0.4, -0.2) is 59.0 Å². The highest BCUT2D eigenvalue weighted by molar-refractivity contribution is 7.07. The zero-order chi connectivity index (χ0) is 27.4. The summed E-state index contributed by atoms with van der Waals surface area (Å²) >= 11 is 1.47. The normalized spacial score (nSPS) is 13.0. The maximum absolute atomic E-state index is 14.3. The van der Waals surface area contributed by atoms with E-state index in [-0.39, 0.29) is 5.91 Å². The van der Waals surface area contributed by atoms with Crippen molar-refractivity contribution < 1.29 is 19.5 Å². The average molecular weight is 542 g/mol. The second-order valence-corrected chi connectivity index (χ2v) is 9.96. The fourth-order valence-electron chi connectivity index (χ4n) is 4.85. The zero-order valence-electron chi connectivity index (χ0n) is 21.3. The highest BCUT2D eigenvalue weighted by Crippen LogP contribution is 2.37. The van der Waals surface area contributed by atoms with E-state index in [2.05, 4.69) is 15.3 Å². The summed E-state index contributed by atoms with van der Waals surface area (Å²) in [6.07, 6.45) is 4.28. The van der Waals surface area contributed by atoms with Crippen LogP contribution in [0.4, 0.5) is 11.5 Å². The lowest BCUT2D eigenvalue weighted by Gasteiger charge is -2.31. The van der Waals surface area contributed by atoms with Gasteiger partial charge in [-0.25, -0.2) is 4.98 Å². The molecule has 5 rings (SSSR count). The lowest BCUT2D eigenvalue weighted by Crippen LogP contribution is -2.48. The molecule has 0 saturated carbocycles. The van der Waals surface area contributed by atoms with Crippen LogP contribution in [0.15, 0.2) is 77.9 Å². The third-order valence-corrected chi connectivity index (χ3v) is 7.41. The van der Waals surface area contributed by atoms with Gasteiger partial charge in [0.25, 0.3) is 5.91 Å². The summed E-state index contributed by atoms with van der Waals surface area (Å²) in [4.78, 5) is 50.6. The van der Waals surface area contributed by atoms with Crippen LogP contribution in [-0.2, 0) is 22.4 Å². The van der Waals surface area contributed by atoms with E-state index in [0.717, 1.165) is 22.3 Å². The molecule has 0 spiro atoms. The van der Waals surface area contributed by atoms with Crippen LogP contribution < -0.4 is 15.1 Å². The topological polar surface area (TPSA) is 116 Å². The zero-order valence-corrected chi connectivity index (χ0v) is 22.1. The van der Waals surface area contributed by atoms with Crippen molar-refractivity contribution in [2.24, 2.45) is 0 Å². The van der Waals surface area contributed by atoms with Gasteiger partial charge in [0.2, 0.25) is 5.91 Å². The average Bonchev–Trinajstić information content (AvgIpc) is 3.65. The van der Waals surface area contributed by atoms with Gasteiger partial charge in [0.05, 0.1) is 5.51 Å². The molecule has 0 fully saturated rings. The molecule has 4 aromatic rings. The van der Waals surface area contributed by atoms with E-state index in [1.807, 2.05) is 65.9 Å². The SMILES string of the molecule is CN(c1cscn1)C(Cc1ccccc1)C(=O)N1CCc2c(C(=O)NCC(=O)O)cc(-c3ccncc3)cc21.